The van der Waals surface area contributed by atoms with Crippen LogP contribution < -0.4 is 0 Å². The van der Waals surface area contributed by atoms with Gasteiger partial charge in [-0.3, -0.25) is 4.79 Å². The van der Waals surface area contributed by atoms with E-state index in [2.05, 4.69) is 0 Å². The largest absolute Gasteiger partial charge is 0.465 e. The Labute approximate surface area is 166 Å². The van der Waals surface area contributed by atoms with Gasteiger partial charge in [-0.05, 0) is 56.7 Å². The maximum absolute atomic E-state index is 12.2. The zero-order chi connectivity index (χ0) is 20.5. The predicted molar refractivity (Wildman–Crippen MR) is 107 cm³/mol. The summed E-state index contributed by atoms with van der Waals surface area (Å²) >= 11 is 0. The van der Waals surface area contributed by atoms with Crippen LogP contribution in [0.3, 0.4) is 0 Å². The van der Waals surface area contributed by atoms with Crippen molar-refractivity contribution >= 4 is 11.9 Å². The summed E-state index contributed by atoms with van der Waals surface area (Å²) in [7, 11) is 1.35. The molecule has 3 atom stereocenters. The SMILES string of the molecule is COC(=O)c1ccc(CCN2C(=O)CC[C@@H]2C=C[C@@H](O)CCC[C@@H](C)O)cc1. The van der Waals surface area contributed by atoms with E-state index in [0.29, 0.717) is 37.8 Å². The number of carbonyl (C=O) groups is 2. The lowest BCUT2D eigenvalue weighted by Crippen LogP contribution is -2.33. The molecule has 1 saturated heterocycles. The van der Waals surface area contributed by atoms with Crippen molar-refractivity contribution in [2.24, 2.45) is 0 Å². The topological polar surface area (TPSA) is 87.1 Å². The van der Waals surface area contributed by atoms with Crippen molar-refractivity contribution in [1.29, 1.82) is 0 Å². The fraction of sp³-hybridized carbons (Fsp3) is 0.545. The molecule has 0 saturated carbocycles. The molecule has 0 bridgehead atoms. The average Bonchev–Trinajstić information content (AvgIpc) is 3.03. The van der Waals surface area contributed by atoms with Gasteiger partial charge in [-0.15, -0.1) is 0 Å². The van der Waals surface area contributed by atoms with E-state index >= 15 is 0 Å². The van der Waals surface area contributed by atoms with Crippen LogP contribution in [0.2, 0.25) is 0 Å². The zero-order valence-electron chi connectivity index (χ0n) is 16.7. The lowest BCUT2D eigenvalue weighted by molar-refractivity contribution is -0.128. The standard InChI is InChI=1S/C22H31NO5/c1-16(24)4-3-5-20(25)12-10-19-11-13-21(26)23(19)15-14-17-6-8-18(9-7-17)22(27)28-2/h6-10,12,16,19-20,24-25H,3-5,11,13-15H2,1-2H3/t16-,19+,20+/m1/s1. The average molecular weight is 389 g/mol. The van der Waals surface area contributed by atoms with Gasteiger partial charge in [0.25, 0.3) is 0 Å². The molecule has 0 aliphatic carbocycles. The van der Waals surface area contributed by atoms with Crippen LogP contribution in [0.1, 0.15) is 54.9 Å². The summed E-state index contributed by atoms with van der Waals surface area (Å²) in [5.74, 6) is -0.233. The summed E-state index contributed by atoms with van der Waals surface area (Å²) in [5, 5.41) is 19.3. The highest BCUT2D eigenvalue weighted by molar-refractivity contribution is 5.89. The van der Waals surface area contributed by atoms with Crippen LogP contribution >= 0.6 is 0 Å². The Morgan fingerprint density at radius 1 is 1.29 bits per heavy atom. The van der Waals surface area contributed by atoms with E-state index in [1.54, 1.807) is 25.1 Å². The molecule has 28 heavy (non-hydrogen) atoms. The van der Waals surface area contributed by atoms with Crippen molar-refractivity contribution in [2.45, 2.75) is 63.7 Å². The van der Waals surface area contributed by atoms with Crippen molar-refractivity contribution in [2.75, 3.05) is 13.7 Å². The van der Waals surface area contributed by atoms with Crippen LogP contribution in [0.25, 0.3) is 0 Å². The summed E-state index contributed by atoms with van der Waals surface area (Å²) in [5.41, 5.74) is 1.56. The number of hydrogen-bond acceptors (Lipinski definition) is 5. The Kier molecular flexibility index (Phi) is 8.67. The molecule has 1 amide bonds. The van der Waals surface area contributed by atoms with Crippen LogP contribution in [-0.2, 0) is 16.0 Å². The summed E-state index contributed by atoms with van der Waals surface area (Å²) in [4.78, 5) is 25.6. The van der Waals surface area contributed by atoms with Gasteiger partial charge in [0.05, 0.1) is 30.9 Å². The van der Waals surface area contributed by atoms with Gasteiger partial charge >= 0.3 is 5.97 Å². The van der Waals surface area contributed by atoms with Crippen LogP contribution in [0.4, 0.5) is 0 Å². The van der Waals surface area contributed by atoms with Gasteiger partial charge < -0.3 is 19.8 Å². The first kappa shape index (κ1) is 22.1. The summed E-state index contributed by atoms with van der Waals surface area (Å²) in [6.07, 6.45) is 6.82. The van der Waals surface area contributed by atoms with Gasteiger partial charge in [0.15, 0.2) is 0 Å². The number of hydrogen-bond donors (Lipinski definition) is 2. The van der Waals surface area contributed by atoms with Crippen molar-refractivity contribution < 1.29 is 24.5 Å². The van der Waals surface area contributed by atoms with Gasteiger partial charge in [-0.25, -0.2) is 4.79 Å². The molecule has 1 heterocycles. The minimum absolute atomic E-state index is 0.00765. The Balaban J connectivity index is 1.86. The Bertz CT molecular complexity index is 668. The molecule has 0 radical (unpaired) electrons. The highest BCUT2D eigenvalue weighted by Crippen LogP contribution is 2.21. The van der Waals surface area contributed by atoms with E-state index in [-0.39, 0.29) is 24.0 Å². The molecule has 2 N–H and O–H groups in total. The quantitative estimate of drug-likeness (QED) is 0.474. The van der Waals surface area contributed by atoms with Crippen LogP contribution in [0.15, 0.2) is 36.4 Å². The smallest absolute Gasteiger partial charge is 0.337 e. The molecule has 0 spiro atoms. The van der Waals surface area contributed by atoms with Crippen LogP contribution in [0, 0.1) is 0 Å². The molecular formula is C22H31NO5. The Morgan fingerprint density at radius 2 is 2.00 bits per heavy atom. The number of carbonyl (C=O) groups excluding carboxylic acids is 2. The Morgan fingerprint density at radius 3 is 2.64 bits per heavy atom. The lowest BCUT2D eigenvalue weighted by Gasteiger charge is -2.23. The third-order valence-electron chi connectivity index (χ3n) is 5.07. The summed E-state index contributed by atoms with van der Waals surface area (Å²) < 4.78 is 4.70. The first-order valence-corrected chi connectivity index (χ1v) is 9.92. The number of methoxy groups -OCH3 is 1. The van der Waals surface area contributed by atoms with E-state index in [1.165, 1.54) is 7.11 Å². The number of amides is 1. The lowest BCUT2D eigenvalue weighted by atomic mass is 10.1. The number of aliphatic hydroxyl groups excluding tert-OH is 2. The highest BCUT2D eigenvalue weighted by atomic mass is 16.5. The molecule has 1 aliphatic rings. The molecule has 0 unspecified atom stereocenters. The van der Waals surface area contributed by atoms with Crippen LogP contribution in [0.5, 0.6) is 0 Å². The molecule has 2 rings (SSSR count). The number of benzene rings is 1. The predicted octanol–water partition coefficient (Wildman–Crippen LogP) is 2.47. The minimum Gasteiger partial charge on any atom is -0.465 e. The van der Waals surface area contributed by atoms with E-state index in [9.17, 15) is 19.8 Å². The molecule has 1 fully saturated rings. The molecule has 1 aromatic rings. The second-order valence-electron chi connectivity index (χ2n) is 7.36. The molecule has 154 valence electrons. The van der Waals surface area contributed by atoms with Crippen LogP contribution in [-0.4, -0.2) is 58.9 Å². The fourth-order valence-corrected chi connectivity index (χ4v) is 3.40. The number of aliphatic hydroxyl groups is 2. The van der Waals surface area contributed by atoms with E-state index in [1.807, 2.05) is 23.1 Å². The molecule has 0 aromatic heterocycles. The number of likely N-dealkylation sites (tertiary alicyclic amines) is 1. The van der Waals surface area contributed by atoms with E-state index in [0.717, 1.165) is 18.4 Å². The molecular weight excluding hydrogens is 358 g/mol. The third-order valence-corrected chi connectivity index (χ3v) is 5.07. The molecule has 6 nitrogen and oxygen atoms in total. The first-order valence-electron chi connectivity index (χ1n) is 9.92. The normalized spacial score (nSPS) is 19.2. The van der Waals surface area contributed by atoms with E-state index in [4.69, 9.17) is 4.74 Å². The van der Waals surface area contributed by atoms with Gasteiger partial charge in [-0.2, -0.15) is 0 Å². The summed E-state index contributed by atoms with van der Waals surface area (Å²) in [6, 6.07) is 7.22. The number of ether oxygens (including phenoxy) is 1. The zero-order valence-corrected chi connectivity index (χ0v) is 16.7. The van der Waals surface area contributed by atoms with Gasteiger partial charge in [0.1, 0.15) is 0 Å². The number of esters is 1. The molecule has 1 aliphatic heterocycles. The van der Waals surface area contributed by atoms with E-state index < -0.39 is 6.10 Å². The van der Waals surface area contributed by atoms with Crippen molar-refractivity contribution in [3.8, 4) is 0 Å². The fourth-order valence-electron chi connectivity index (χ4n) is 3.40. The second-order valence-corrected chi connectivity index (χ2v) is 7.36. The second kappa shape index (κ2) is 11.0. The first-order chi connectivity index (χ1) is 13.4. The molecule has 6 heteroatoms. The molecule has 1 aromatic carbocycles. The Hall–Kier alpha value is -2.18. The number of nitrogens with zero attached hydrogens (tertiary/aromatic N) is 1. The minimum atomic E-state index is -0.554. The van der Waals surface area contributed by atoms with Crippen molar-refractivity contribution in [3.63, 3.8) is 0 Å². The van der Waals surface area contributed by atoms with Crippen molar-refractivity contribution in [3.05, 3.63) is 47.5 Å². The maximum atomic E-state index is 12.2. The monoisotopic (exact) mass is 389 g/mol. The van der Waals surface area contributed by atoms with Crippen molar-refractivity contribution in [1.82, 2.24) is 4.90 Å². The highest BCUT2D eigenvalue weighted by Gasteiger charge is 2.28. The van der Waals surface area contributed by atoms with Gasteiger partial charge in [0.2, 0.25) is 5.91 Å². The third kappa shape index (κ3) is 6.77. The van der Waals surface area contributed by atoms with Gasteiger partial charge in [-0.1, -0.05) is 24.3 Å². The maximum Gasteiger partial charge on any atom is 0.337 e. The van der Waals surface area contributed by atoms with Gasteiger partial charge in [0, 0.05) is 13.0 Å². The summed E-state index contributed by atoms with van der Waals surface area (Å²) in [6.45, 7) is 2.34. The number of rotatable bonds is 10.